The van der Waals surface area contributed by atoms with E-state index in [0.29, 0.717) is 11.7 Å². The van der Waals surface area contributed by atoms with E-state index >= 15 is 0 Å². The minimum absolute atomic E-state index is 0.0504. The molecule has 3 nitrogen and oxygen atoms in total. The molecule has 0 atom stereocenters. The van der Waals surface area contributed by atoms with Gasteiger partial charge >= 0.3 is 0 Å². The molecule has 0 aliphatic rings. The van der Waals surface area contributed by atoms with Crippen molar-refractivity contribution in [1.82, 2.24) is 0 Å². The second-order valence-electron chi connectivity index (χ2n) is 4.88. The van der Waals surface area contributed by atoms with E-state index in [2.05, 4.69) is 26.0 Å². The molecule has 0 saturated heterocycles. The summed E-state index contributed by atoms with van der Waals surface area (Å²) in [6.45, 7) is 4.23. The van der Waals surface area contributed by atoms with Crippen LogP contribution in [0.3, 0.4) is 0 Å². The van der Waals surface area contributed by atoms with Gasteiger partial charge in [-0.1, -0.05) is 19.9 Å². The van der Waals surface area contributed by atoms with Gasteiger partial charge in [0, 0.05) is 10.9 Å². The predicted molar refractivity (Wildman–Crippen MR) is 77.1 cm³/mol. The molecule has 0 unspecified atom stereocenters. The maximum Gasteiger partial charge on any atom is 0.126 e. The van der Waals surface area contributed by atoms with E-state index in [4.69, 9.17) is 9.47 Å². The third kappa shape index (κ3) is 2.38. The quantitative estimate of drug-likeness (QED) is 0.914. The van der Waals surface area contributed by atoms with Gasteiger partial charge in [0.25, 0.3) is 0 Å². The third-order valence-corrected chi connectivity index (χ3v) is 3.45. The van der Waals surface area contributed by atoms with E-state index < -0.39 is 0 Å². The number of benzene rings is 2. The van der Waals surface area contributed by atoms with Crippen LogP contribution in [0.25, 0.3) is 10.8 Å². The first-order valence-electron chi connectivity index (χ1n) is 6.40. The molecule has 0 radical (unpaired) electrons. The van der Waals surface area contributed by atoms with E-state index in [-0.39, 0.29) is 6.61 Å². The predicted octanol–water partition coefficient (Wildman–Crippen LogP) is 3.47. The molecule has 2 aromatic rings. The average molecular weight is 260 g/mol. The fraction of sp³-hybridized carbons (Fsp3) is 0.375. The Morgan fingerprint density at radius 2 is 1.68 bits per heavy atom. The van der Waals surface area contributed by atoms with Gasteiger partial charge in [0.2, 0.25) is 0 Å². The normalized spacial score (nSPS) is 11.1. The molecule has 0 aliphatic heterocycles. The lowest BCUT2D eigenvalue weighted by atomic mass is 9.95. The molecule has 0 bridgehead atoms. The van der Waals surface area contributed by atoms with Crippen molar-refractivity contribution < 1.29 is 14.6 Å². The lowest BCUT2D eigenvalue weighted by molar-refractivity contribution is 0.275. The van der Waals surface area contributed by atoms with Crippen LogP contribution < -0.4 is 9.47 Å². The van der Waals surface area contributed by atoms with Crippen LogP contribution in [0.2, 0.25) is 0 Å². The molecule has 1 N–H and O–H groups in total. The van der Waals surface area contributed by atoms with Gasteiger partial charge in [-0.25, -0.2) is 0 Å². The highest BCUT2D eigenvalue weighted by Gasteiger charge is 2.13. The summed E-state index contributed by atoms with van der Waals surface area (Å²) in [5.41, 5.74) is 1.99. The molecule has 3 heteroatoms. The Morgan fingerprint density at radius 3 is 2.21 bits per heavy atom. The summed E-state index contributed by atoms with van der Waals surface area (Å²) in [6.07, 6.45) is 0. The van der Waals surface area contributed by atoms with E-state index in [1.54, 1.807) is 14.2 Å². The molecule has 19 heavy (non-hydrogen) atoms. The Morgan fingerprint density at radius 1 is 1.00 bits per heavy atom. The van der Waals surface area contributed by atoms with Crippen molar-refractivity contribution in [2.75, 3.05) is 14.2 Å². The van der Waals surface area contributed by atoms with Gasteiger partial charge in [0.1, 0.15) is 11.5 Å². The SMILES string of the molecule is COc1ccc2c(OC)cc(C(C)C)cc2c1CO. The molecule has 2 rings (SSSR count). The van der Waals surface area contributed by atoms with Crippen molar-refractivity contribution in [1.29, 1.82) is 0 Å². The number of hydrogen-bond donors (Lipinski definition) is 1. The molecule has 0 heterocycles. The summed E-state index contributed by atoms with van der Waals surface area (Å²) in [7, 11) is 3.28. The number of methoxy groups -OCH3 is 2. The monoisotopic (exact) mass is 260 g/mol. The maximum absolute atomic E-state index is 9.62. The minimum atomic E-state index is -0.0504. The first kappa shape index (κ1) is 13.7. The lowest BCUT2D eigenvalue weighted by Crippen LogP contribution is -1.97. The Labute approximate surface area is 113 Å². The number of ether oxygens (including phenoxy) is 2. The smallest absolute Gasteiger partial charge is 0.126 e. The third-order valence-electron chi connectivity index (χ3n) is 3.45. The Hall–Kier alpha value is -1.74. The summed E-state index contributed by atoms with van der Waals surface area (Å²) >= 11 is 0. The molecule has 102 valence electrons. The molecule has 0 saturated carbocycles. The fourth-order valence-electron chi connectivity index (χ4n) is 2.32. The molecular formula is C16H20O3. The fourth-order valence-corrected chi connectivity index (χ4v) is 2.32. The van der Waals surface area contributed by atoms with Crippen molar-refractivity contribution in [3.05, 3.63) is 35.4 Å². The van der Waals surface area contributed by atoms with Crippen LogP contribution in [0, 0.1) is 0 Å². The zero-order valence-electron chi connectivity index (χ0n) is 11.9. The van der Waals surface area contributed by atoms with Crippen LogP contribution in [0.1, 0.15) is 30.9 Å². The van der Waals surface area contributed by atoms with Gasteiger partial charge in [-0.2, -0.15) is 0 Å². The first-order valence-corrected chi connectivity index (χ1v) is 6.40. The summed E-state index contributed by atoms with van der Waals surface area (Å²) in [5, 5.41) is 11.6. The minimum Gasteiger partial charge on any atom is -0.496 e. The van der Waals surface area contributed by atoms with E-state index in [9.17, 15) is 5.11 Å². The van der Waals surface area contributed by atoms with Gasteiger partial charge in [-0.05, 0) is 35.1 Å². The summed E-state index contributed by atoms with van der Waals surface area (Å²) < 4.78 is 10.8. The molecule has 0 aromatic heterocycles. The van der Waals surface area contributed by atoms with Crippen LogP contribution in [0.5, 0.6) is 11.5 Å². The molecule has 0 fully saturated rings. The first-order chi connectivity index (χ1) is 9.12. The van der Waals surface area contributed by atoms with E-state index in [0.717, 1.165) is 22.1 Å². The van der Waals surface area contributed by atoms with Crippen LogP contribution >= 0.6 is 0 Å². The Bertz CT molecular complexity index is 588. The number of aliphatic hydroxyl groups is 1. The highest BCUT2D eigenvalue weighted by atomic mass is 16.5. The van der Waals surface area contributed by atoms with E-state index in [1.807, 2.05) is 12.1 Å². The van der Waals surface area contributed by atoms with Crippen molar-refractivity contribution >= 4 is 10.8 Å². The summed E-state index contributed by atoms with van der Waals surface area (Å²) in [4.78, 5) is 0. The number of fused-ring (bicyclic) bond motifs is 1. The second-order valence-corrected chi connectivity index (χ2v) is 4.88. The summed E-state index contributed by atoms with van der Waals surface area (Å²) in [6, 6.07) is 8.00. The number of hydrogen-bond acceptors (Lipinski definition) is 3. The average Bonchev–Trinajstić information content (AvgIpc) is 2.44. The molecule has 0 amide bonds. The zero-order valence-corrected chi connectivity index (χ0v) is 11.9. The lowest BCUT2D eigenvalue weighted by Gasteiger charge is -2.15. The largest absolute Gasteiger partial charge is 0.496 e. The standard InChI is InChI=1S/C16H20O3/c1-10(2)11-7-13-12(16(8-11)19-4)5-6-15(18-3)14(13)9-17/h5-8,10,17H,9H2,1-4H3. The van der Waals surface area contributed by atoms with Gasteiger partial charge in [0.15, 0.2) is 0 Å². The molecular weight excluding hydrogens is 240 g/mol. The highest BCUT2D eigenvalue weighted by molar-refractivity contribution is 5.93. The van der Waals surface area contributed by atoms with Gasteiger partial charge < -0.3 is 14.6 Å². The molecule has 0 aliphatic carbocycles. The van der Waals surface area contributed by atoms with Crippen molar-refractivity contribution in [3.63, 3.8) is 0 Å². The van der Waals surface area contributed by atoms with Gasteiger partial charge in [-0.15, -0.1) is 0 Å². The molecule has 0 spiro atoms. The van der Waals surface area contributed by atoms with Crippen molar-refractivity contribution in [2.24, 2.45) is 0 Å². The Kier molecular flexibility index (Phi) is 3.96. The zero-order chi connectivity index (χ0) is 14.0. The molecule has 2 aromatic carbocycles. The topological polar surface area (TPSA) is 38.7 Å². The van der Waals surface area contributed by atoms with Gasteiger partial charge in [0.05, 0.1) is 20.8 Å². The van der Waals surface area contributed by atoms with Crippen LogP contribution in [-0.4, -0.2) is 19.3 Å². The number of aliphatic hydroxyl groups excluding tert-OH is 1. The number of rotatable bonds is 4. The van der Waals surface area contributed by atoms with Crippen LogP contribution in [0.4, 0.5) is 0 Å². The van der Waals surface area contributed by atoms with E-state index in [1.165, 1.54) is 5.56 Å². The van der Waals surface area contributed by atoms with Gasteiger partial charge in [-0.3, -0.25) is 0 Å². The Balaban J connectivity index is 2.82. The van der Waals surface area contributed by atoms with Crippen molar-refractivity contribution in [2.45, 2.75) is 26.4 Å². The van der Waals surface area contributed by atoms with Crippen LogP contribution in [0.15, 0.2) is 24.3 Å². The maximum atomic E-state index is 9.62. The summed E-state index contributed by atoms with van der Waals surface area (Å²) in [5.74, 6) is 1.94. The second kappa shape index (κ2) is 5.49. The van der Waals surface area contributed by atoms with Crippen molar-refractivity contribution in [3.8, 4) is 11.5 Å². The van der Waals surface area contributed by atoms with Crippen LogP contribution in [-0.2, 0) is 6.61 Å². The highest BCUT2D eigenvalue weighted by Crippen LogP contribution is 2.36.